The van der Waals surface area contributed by atoms with Gasteiger partial charge in [0, 0.05) is 12.1 Å². The average Bonchev–Trinajstić information content (AvgIpc) is 2.67. The molecule has 0 aliphatic carbocycles. The third-order valence-electron chi connectivity index (χ3n) is 3.85. The Morgan fingerprint density at radius 1 is 1.00 bits per heavy atom. The minimum Gasteiger partial charge on any atom is -0.510 e. The van der Waals surface area contributed by atoms with Crippen LogP contribution in [0.3, 0.4) is 0 Å². The maximum Gasteiger partial charge on any atom is 0.502 e. The average molecular weight is 356 g/mol. The number of hydrogen-bond acceptors (Lipinski definition) is 4. The highest BCUT2D eigenvalue weighted by molar-refractivity contribution is 6.70. The molecule has 0 aliphatic heterocycles. The molecule has 2 aromatic rings. The van der Waals surface area contributed by atoms with Gasteiger partial charge in [-0.25, -0.2) is 4.79 Å². The molecular weight excluding hydrogens is 332 g/mol. The highest BCUT2D eigenvalue weighted by Gasteiger charge is 2.51. The van der Waals surface area contributed by atoms with Crippen molar-refractivity contribution in [3.05, 3.63) is 73.3 Å². The summed E-state index contributed by atoms with van der Waals surface area (Å²) in [4.78, 5) is 11.8. The zero-order valence-corrected chi connectivity index (χ0v) is 15.7. The van der Waals surface area contributed by atoms with Crippen LogP contribution in [0.2, 0.25) is 6.04 Å². The molecule has 1 atom stereocenters. The Morgan fingerprint density at radius 2 is 1.48 bits per heavy atom. The minimum absolute atomic E-state index is 0.455. The molecule has 0 fully saturated rings. The van der Waals surface area contributed by atoms with Crippen molar-refractivity contribution in [2.24, 2.45) is 0 Å². The molecule has 0 aliphatic rings. The molecule has 0 aromatic heterocycles. The third-order valence-corrected chi connectivity index (χ3v) is 7.50. The van der Waals surface area contributed by atoms with Gasteiger partial charge >= 0.3 is 14.5 Å². The smallest absolute Gasteiger partial charge is 0.502 e. The lowest BCUT2D eigenvalue weighted by atomic mass is 10.3. The maximum atomic E-state index is 11.8. The number of esters is 1. The molecule has 4 nitrogen and oxygen atoms in total. The molecule has 25 heavy (non-hydrogen) atoms. The van der Waals surface area contributed by atoms with Gasteiger partial charge in [-0.1, -0.05) is 56.8 Å². The van der Waals surface area contributed by atoms with Gasteiger partial charge < -0.3 is 13.6 Å². The summed E-state index contributed by atoms with van der Waals surface area (Å²) in [7, 11) is -2.95. The second-order valence-electron chi connectivity index (χ2n) is 5.53. The summed E-state index contributed by atoms with van der Waals surface area (Å²) < 4.78 is 18.3. The Balaban J connectivity index is 2.39. The second kappa shape index (κ2) is 9.08. The van der Waals surface area contributed by atoms with E-state index in [1.807, 2.05) is 74.5 Å². The number of carbonyl (C=O) groups is 1. The van der Waals surface area contributed by atoms with Gasteiger partial charge in [-0.2, -0.15) is 0 Å². The standard InChI is InChI=1S/C20H24O4Si/c1-4-19(21)22-20(5-2)25(6-3,23-17-13-9-7-10-14-17)24-18-15-11-8-12-16-18/h4,7-16,20H,1,5-6H2,2-3H3. The van der Waals surface area contributed by atoms with Crippen molar-refractivity contribution in [1.29, 1.82) is 0 Å². The van der Waals surface area contributed by atoms with Gasteiger partial charge in [0.05, 0.1) is 0 Å². The zero-order chi connectivity index (χ0) is 18.1. The summed E-state index contributed by atoms with van der Waals surface area (Å²) in [5.74, 6) is 0.950. The van der Waals surface area contributed by atoms with Crippen LogP contribution < -0.4 is 8.85 Å². The first-order valence-electron chi connectivity index (χ1n) is 8.44. The summed E-state index contributed by atoms with van der Waals surface area (Å²) in [6, 6.07) is 19.6. The van der Waals surface area contributed by atoms with Crippen molar-refractivity contribution < 1.29 is 18.4 Å². The largest absolute Gasteiger partial charge is 0.510 e. The van der Waals surface area contributed by atoms with Crippen molar-refractivity contribution in [1.82, 2.24) is 0 Å². The van der Waals surface area contributed by atoms with E-state index in [1.54, 1.807) is 0 Å². The van der Waals surface area contributed by atoms with Gasteiger partial charge in [-0.15, -0.1) is 0 Å². The fourth-order valence-electron chi connectivity index (χ4n) is 2.57. The summed E-state index contributed by atoms with van der Waals surface area (Å²) in [5.41, 5.74) is -0.455. The van der Waals surface area contributed by atoms with Crippen molar-refractivity contribution in [2.75, 3.05) is 0 Å². The summed E-state index contributed by atoms with van der Waals surface area (Å²) in [5, 5.41) is 0. The fourth-order valence-corrected chi connectivity index (χ4v) is 5.61. The monoisotopic (exact) mass is 356 g/mol. The van der Waals surface area contributed by atoms with Gasteiger partial charge in [0.2, 0.25) is 0 Å². The van der Waals surface area contributed by atoms with Gasteiger partial charge in [-0.3, -0.25) is 0 Å². The van der Waals surface area contributed by atoms with Crippen LogP contribution >= 0.6 is 0 Å². The molecule has 0 bridgehead atoms. The Labute approximate surface area is 150 Å². The van der Waals surface area contributed by atoms with Crippen LogP contribution in [-0.2, 0) is 9.53 Å². The lowest BCUT2D eigenvalue weighted by Gasteiger charge is -2.35. The quantitative estimate of drug-likeness (QED) is 0.373. The predicted molar refractivity (Wildman–Crippen MR) is 101 cm³/mol. The Hall–Kier alpha value is -2.53. The molecular formula is C20H24O4Si. The van der Waals surface area contributed by atoms with Gasteiger partial charge in [0.15, 0.2) is 5.73 Å². The van der Waals surface area contributed by atoms with Crippen LogP contribution in [-0.4, -0.2) is 20.3 Å². The zero-order valence-electron chi connectivity index (χ0n) is 14.7. The van der Waals surface area contributed by atoms with Gasteiger partial charge in [-0.05, 0) is 30.7 Å². The third kappa shape index (κ3) is 4.97. The van der Waals surface area contributed by atoms with E-state index in [-0.39, 0.29) is 0 Å². The van der Waals surface area contributed by atoms with Crippen LogP contribution in [0.25, 0.3) is 0 Å². The summed E-state index contributed by atoms with van der Waals surface area (Å²) >= 11 is 0. The first kappa shape index (κ1) is 18.8. The number of para-hydroxylation sites is 2. The number of hydrogen-bond donors (Lipinski definition) is 0. The SMILES string of the molecule is C=CC(=O)OC(CC)[Si](CC)(Oc1ccccc1)Oc1ccccc1. The lowest BCUT2D eigenvalue weighted by molar-refractivity contribution is -0.140. The Morgan fingerprint density at radius 3 is 1.84 bits per heavy atom. The second-order valence-corrected chi connectivity index (χ2v) is 8.92. The van der Waals surface area contributed by atoms with Crippen LogP contribution in [0.1, 0.15) is 20.3 Å². The Kier molecular flexibility index (Phi) is 6.83. The topological polar surface area (TPSA) is 44.8 Å². The van der Waals surface area contributed by atoms with Crippen molar-refractivity contribution >= 4 is 14.5 Å². The molecule has 2 aromatic carbocycles. The number of ether oxygens (including phenoxy) is 1. The van der Waals surface area contributed by atoms with Crippen molar-refractivity contribution in [3.63, 3.8) is 0 Å². The van der Waals surface area contributed by atoms with Crippen molar-refractivity contribution in [3.8, 4) is 11.5 Å². The van der Waals surface area contributed by atoms with Gasteiger partial charge in [0.25, 0.3) is 0 Å². The van der Waals surface area contributed by atoms with E-state index in [2.05, 4.69) is 6.58 Å². The number of carbonyl (C=O) groups excluding carboxylic acids is 1. The van der Waals surface area contributed by atoms with E-state index in [0.29, 0.717) is 24.0 Å². The molecule has 0 amide bonds. The highest BCUT2D eigenvalue weighted by Crippen LogP contribution is 2.28. The maximum absolute atomic E-state index is 11.8. The summed E-state index contributed by atoms with van der Waals surface area (Å²) in [6.07, 6.45) is 1.77. The molecule has 0 spiro atoms. The minimum atomic E-state index is -2.95. The number of benzene rings is 2. The first-order valence-corrected chi connectivity index (χ1v) is 10.5. The van der Waals surface area contributed by atoms with Crippen LogP contribution in [0, 0.1) is 0 Å². The fraction of sp³-hybridized carbons (Fsp3) is 0.250. The van der Waals surface area contributed by atoms with Crippen molar-refractivity contribution in [2.45, 2.75) is 32.0 Å². The molecule has 1 unspecified atom stereocenters. The first-order chi connectivity index (χ1) is 12.1. The lowest BCUT2D eigenvalue weighted by Crippen LogP contribution is -2.59. The van der Waals surface area contributed by atoms with Crippen LogP contribution in [0.5, 0.6) is 11.5 Å². The molecule has 132 valence electrons. The number of rotatable bonds is 9. The van der Waals surface area contributed by atoms with E-state index < -0.39 is 20.3 Å². The van der Waals surface area contributed by atoms with E-state index in [4.69, 9.17) is 13.6 Å². The van der Waals surface area contributed by atoms with E-state index >= 15 is 0 Å². The normalized spacial score (nSPS) is 12.1. The molecule has 0 N–H and O–H groups in total. The van der Waals surface area contributed by atoms with Gasteiger partial charge in [0.1, 0.15) is 11.5 Å². The van der Waals surface area contributed by atoms with E-state index in [0.717, 1.165) is 0 Å². The van der Waals surface area contributed by atoms with Crippen LogP contribution in [0.4, 0.5) is 0 Å². The van der Waals surface area contributed by atoms with Crippen LogP contribution in [0.15, 0.2) is 73.3 Å². The molecule has 0 saturated heterocycles. The molecule has 0 radical (unpaired) electrons. The van der Waals surface area contributed by atoms with E-state index in [1.165, 1.54) is 6.08 Å². The molecule has 5 heteroatoms. The molecule has 2 rings (SSSR count). The molecule has 0 saturated carbocycles. The summed E-state index contributed by atoms with van der Waals surface area (Å²) in [6.45, 7) is 7.45. The highest BCUT2D eigenvalue weighted by atomic mass is 28.4. The Bertz CT molecular complexity index is 631. The predicted octanol–water partition coefficient (Wildman–Crippen LogP) is 4.65. The van der Waals surface area contributed by atoms with E-state index in [9.17, 15) is 4.79 Å². The molecule has 0 heterocycles.